The number of nitrogens with zero attached hydrogens (tertiary/aromatic N) is 2. The highest BCUT2D eigenvalue weighted by Gasteiger charge is 2.62. The lowest BCUT2D eigenvalue weighted by atomic mass is 9.55. The summed E-state index contributed by atoms with van der Waals surface area (Å²) in [5.74, 6) is -1.10. The molecule has 30 heavy (non-hydrogen) atoms. The number of rotatable bonds is 1. The Kier molecular flexibility index (Phi) is 3.10. The van der Waals surface area contributed by atoms with Gasteiger partial charge in [0.15, 0.2) is 5.13 Å². The van der Waals surface area contributed by atoms with E-state index in [0.29, 0.717) is 5.13 Å². The van der Waals surface area contributed by atoms with Crippen molar-refractivity contribution in [3.8, 4) is 0 Å². The molecule has 0 N–H and O–H groups in total. The average Bonchev–Trinajstić information content (AvgIpc) is 3.32. The van der Waals surface area contributed by atoms with E-state index >= 15 is 0 Å². The van der Waals surface area contributed by atoms with Gasteiger partial charge >= 0.3 is 0 Å². The summed E-state index contributed by atoms with van der Waals surface area (Å²) in [5.41, 5.74) is 5.58. The minimum absolute atomic E-state index is 0.0803. The number of fused-ring (bicyclic) bond motifs is 1. The van der Waals surface area contributed by atoms with E-state index in [-0.39, 0.29) is 35.5 Å². The van der Waals surface area contributed by atoms with E-state index in [1.807, 2.05) is 48.5 Å². The summed E-state index contributed by atoms with van der Waals surface area (Å²) < 4.78 is 0.984. The minimum atomic E-state index is -0.362. The van der Waals surface area contributed by atoms with Crippen molar-refractivity contribution in [3.63, 3.8) is 0 Å². The molecule has 0 saturated carbocycles. The highest BCUT2D eigenvalue weighted by molar-refractivity contribution is 7.22. The quantitative estimate of drug-likeness (QED) is 0.429. The van der Waals surface area contributed by atoms with Gasteiger partial charge in [-0.1, -0.05) is 72.0 Å². The van der Waals surface area contributed by atoms with E-state index in [4.69, 9.17) is 0 Å². The second kappa shape index (κ2) is 5.64. The molecule has 0 unspecified atom stereocenters. The number of imide groups is 1. The van der Waals surface area contributed by atoms with Crippen LogP contribution in [0.2, 0.25) is 0 Å². The van der Waals surface area contributed by atoms with Gasteiger partial charge in [-0.15, -0.1) is 0 Å². The zero-order chi connectivity index (χ0) is 20.0. The molecule has 4 aliphatic rings. The normalized spacial score (nSPS) is 26.1. The van der Waals surface area contributed by atoms with E-state index in [1.54, 1.807) is 0 Å². The van der Waals surface area contributed by atoms with E-state index in [2.05, 4.69) is 29.2 Å². The van der Waals surface area contributed by atoms with Crippen molar-refractivity contribution in [2.75, 3.05) is 4.90 Å². The van der Waals surface area contributed by atoms with E-state index in [0.717, 1.165) is 10.2 Å². The van der Waals surface area contributed by atoms with Crippen molar-refractivity contribution in [1.29, 1.82) is 0 Å². The van der Waals surface area contributed by atoms with Gasteiger partial charge in [-0.05, 0) is 34.4 Å². The smallest absolute Gasteiger partial charge is 0.240 e. The fraction of sp³-hybridized carbons (Fsp3) is 0.160. The van der Waals surface area contributed by atoms with Crippen LogP contribution in [0.5, 0.6) is 0 Å². The van der Waals surface area contributed by atoms with Gasteiger partial charge in [0.2, 0.25) is 11.8 Å². The lowest BCUT2D eigenvalue weighted by Crippen LogP contribution is -2.41. The maximum atomic E-state index is 13.7. The lowest BCUT2D eigenvalue weighted by molar-refractivity contribution is -0.122. The maximum absolute atomic E-state index is 13.7. The van der Waals surface area contributed by atoms with Crippen molar-refractivity contribution >= 4 is 38.5 Å². The molecule has 3 aliphatic carbocycles. The summed E-state index contributed by atoms with van der Waals surface area (Å²) in [6.45, 7) is 0. The topological polar surface area (TPSA) is 50.3 Å². The van der Waals surface area contributed by atoms with Crippen LogP contribution in [0, 0.1) is 11.8 Å². The Balaban J connectivity index is 1.44. The number of hydrogen-bond donors (Lipinski definition) is 0. The van der Waals surface area contributed by atoms with Crippen LogP contribution in [-0.2, 0) is 9.59 Å². The SMILES string of the molecule is O=C1[C@H]2C3c4ccccc4C(c4ccccc43)[C@@H]2C(=O)N1c1nc2ccccc2s1. The molecule has 1 aliphatic heterocycles. The molecule has 2 amide bonds. The van der Waals surface area contributed by atoms with Crippen LogP contribution in [-0.4, -0.2) is 16.8 Å². The average molecular weight is 408 g/mol. The Morgan fingerprint density at radius 3 is 1.63 bits per heavy atom. The van der Waals surface area contributed by atoms with Crippen LogP contribution in [0.1, 0.15) is 34.1 Å². The number of hydrogen-bond acceptors (Lipinski definition) is 4. The van der Waals surface area contributed by atoms with Crippen molar-refractivity contribution in [1.82, 2.24) is 4.98 Å². The minimum Gasteiger partial charge on any atom is -0.274 e. The third kappa shape index (κ3) is 1.89. The molecule has 1 saturated heterocycles. The maximum Gasteiger partial charge on any atom is 0.240 e. The van der Waals surface area contributed by atoms with Gasteiger partial charge in [0.25, 0.3) is 0 Å². The number of amides is 2. The Bertz CT molecular complexity index is 1240. The molecule has 3 aromatic carbocycles. The second-order valence-electron chi connectivity index (χ2n) is 8.24. The summed E-state index contributed by atoms with van der Waals surface area (Å²) in [7, 11) is 0. The van der Waals surface area contributed by atoms with Crippen molar-refractivity contribution in [3.05, 3.63) is 95.1 Å². The van der Waals surface area contributed by atoms with Crippen molar-refractivity contribution in [2.24, 2.45) is 11.8 Å². The van der Waals surface area contributed by atoms with Gasteiger partial charge in [0.05, 0.1) is 22.1 Å². The fourth-order valence-corrected chi connectivity index (χ4v) is 6.80. The van der Waals surface area contributed by atoms with Crippen molar-refractivity contribution in [2.45, 2.75) is 11.8 Å². The van der Waals surface area contributed by atoms with Gasteiger partial charge < -0.3 is 0 Å². The predicted molar refractivity (Wildman–Crippen MR) is 116 cm³/mol. The third-order valence-corrected chi connectivity index (χ3v) is 7.94. The molecule has 1 aromatic heterocycles. The van der Waals surface area contributed by atoms with Crippen molar-refractivity contribution < 1.29 is 9.59 Å². The summed E-state index contributed by atoms with van der Waals surface area (Å²) in [4.78, 5) is 33.4. The molecule has 2 heterocycles. The number of aromatic nitrogens is 1. The Morgan fingerprint density at radius 2 is 1.13 bits per heavy atom. The Labute approximate surface area is 176 Å². The molecule has 5 heteroatoms. The molecule has 2 atom stereocenters. The highest BCUT2D eigenvalue weighted by atomic mass is 32.1. The molecule has 2 bridgehead atoms. The standard InChI is InChI=1S/C25H16N2O2S/c28-23-21-19-13-7-1-2-8-14(13)20(16-10-4-3-9-15(16)19)22(21)24(29)27(23)25-26-17-11-5-6-12-18(17)30-25/h1-12,19-22H/t19?,20?,21-,22-/m0/s1. The predicted octanol–water partition coefficient (Wildman–Crippen LogP) is 4.69. The molecule has 0 spiro atoms. The zero-order valence-corrected chi connectivity index (χ0v) is 16.7. The molecule has 8 rings (SSSR count). The van der Waals surface area contributed by atoms with Gasteiger partial charge in [-0.25, -0.2) is 9.88 Å². The second-order valence-corrected chi connectivity index (χ2v) is 9.25. The molecule has 1 fully saturated rings. The van der Waals surface area contributed by atoms with Gasteiger partial charge in [-0.3, -0.25) is 9.59 Å². The van der Waals surface area contributed by atoms with E-state index < -0.39 is 0 Å². The first-order chi connectivity index (χ1) is 14.7. The van der Waals surface area contributed by atoms with Gasteiger partial charge in [0.1, 0.15) is 0 Å². The van der Waals surface area contributed by atoms with Crippen LogP contribution < -0.4 is 4.90 Å². The van der Waals surface area contributed by atoms with Gasteiger partial charge in [0, 0.05) is 11.8 Å². The highest BCUT2D eigenvalue weighted by Crippen LogP contribution is 2.61. The fourth-order valence-electron chi connectivity index (χ4n) is 5.82. The summed E-state index contributed by atoms with van der Waals surface area (Å²) in [6, 6.07) is 24.4. The van der Waals surface area contributed by atoms with E-state index in [1.165, 1.54) is 38.5 Å². The Hall–Kier alpha value is -3.31. The number of para-hydroxylation sites is 1. The van der Waals surface area contributed by atoms with Crippen LogP contribution in [0.3, 0.4) is 0 Å². The van der Waals surface area contributed by atoms with E-state index in [9.17, 15) is 9.59 Å². The number of anilines is 1. The lowest BCUT2D eigenvalue weighted by Gasteiger charge is -2.45. The summed E-state index contributed by atoms with van der Waals surface area (Å²) in [5, 5.41) is 0.494. The molecule has 144 valence electrons. The first-order valence-electron chi connectivity index (χ1n) is 10.1. The number of carbonyl (C=O) groups is 2. The third-order valence-electron chi connectivity index (χ3n) is 6.92. The first kappa shape index (κ1) is 16.5. The van der Waals surface area contributed by atoms with Crippen LogP contribution >= 0.6 is 11.3 Å². The molecular weight excluding hydrogens is 392 g/mol. The van der Waals surface area contributed by atoms with Crippen LogP contribution in [0.4, 0.5) is 5.13 Å². The zero-order valence-electron chi connectivity index (χ0n) is 15.9. The Morgan fingerprint density at radius 1 is 0.667 bits per heavy atom. The number of thiazole rings is 1. The van der Waals surface area contributed by atoms with Crippen LogP contribution in [0.25, 0.3) is 10.2 Å². The number of carbonyl (C=O) groups excluding carboxylic acids is 2. The summed E-state index contributed by atoms with van der Waals surface area (Å²) in [6.07, 6.45) is 0. The molecule has 4 nitrogen and oxygen atoms in total. The first-order valence-corrected chi connectivity index (χ1v) is 11.0. The van der Waals surface area contributed by atoms with Gasteiger partial charge in [-0.2, -0.15) is 0 Å². The largest absolute Gasteiger partial charge is 0.274 e. The summed E-state index contributed by atoms with van der Waals surface area (Å²) >= 11 is 1.41. The monoisotopic (exact) mass is 408 g/mol. The number of benzene rings is 3. The molecule has 0 radical (unpaired) electrons. The molecule has 4 aromatic rings. The molecular formula is C25H16N2O2S. The van der Waals surface area contributed by atoms with Crippen LogP contribution in [0.15, 0.2) is 72.8 Å².